The summed E-state index contributed by atoms with van der Waals surface area (Å²) in [5, 5.41) is 3.24. The minimum absolute atomic E-state index is 0. The number of guanidine groups is 1. The topological polar surface area (TPSA) is 53.6 Å². The van der Waals surface area contributed by atoms with E-state index >= 15 is 0 Å². The third kappa shape index (κ3) is 5.90. The van der Waals surface area contributed by atoms with Crippen LogP contribution in [0.15, 0.2) is 41.4 Å². The average Bonchev–Trinajstić information content (AvgIpc) is 2.62. The second kappa shape index (κ2) is 10.0. The molecule has 1 aliphatic rings. The summed E-state index contributed by atoms with van der Waals surface area (Å²) < 4.78 is 13.9. The molecule has 1 aliphatic carbocycles. The molecular weight excluding hydrogens is 454 g/mol. The number of nitrogens with zero attached hydrogens (tertiary/aromatic N) is 2. The average molecular weight is 482 g/mol. The molecule has 0 atom stereocenters. The Bertz CT molecular complexity index is 805. The predicted octanol–water partition coefficient (Wildman–Crippen LogP) is 4.31. The lowest BCUT2D eigenvalue weighted by Gasteiger charge is -2.19. The van der Waals surface area contributed by atoms with Gasteiger partial charge in [0.2, 0.25) is 0 Å². The van der Waals surface area contributed by atoms with E-state index in [0.717, 1.165) is 24.1 Å². The number of fused-ring (bicyclic) bond motifs is 1. The Labute approximate surface area is 178 Å². The Hall–Kier alpha value is -1.67. The fourth-order valence-electron chi connectivity index (χ4n) is 3.44. The highest BCUT2D eigenvalue weighted by molar-refractivity contribution is 14.0. The number of hydrogen-bond acceptors (Lipinski definition) is 2. The zero-order chi connectivity index (χ0) is 18.5. The van der Waals surface area contributed by atoms with Gasteiger partial charge in [0.05, 0.1) is 6.54 Å². The number of aryl methyl sites for hydroxylation is 1. The summed E-state index contributed by atoms with van der Waals surface area (Å²) in [6, 6.07) is 11.4. The van der Waals surface area contributed by atoms with Crippen molar-refractivity contribution in [3.8, 4) is 0 Å². The molecule has 0 fully saturated rings. The zero-order valence-electron chi connectivity index (χ0n) is 16.0. The van der Waals surface area contributed by atoms with Gasteiger partial charge in [-0.3, -0.25) is 0 Å². The minimum atomic E-state index is -0.187. The third-order valence-electron chi connectivity index (χ3n) is 4.69. The summed E-state index contributed by atoms with van der Waals surface area (Å²) >= 11 is 0. The SMILES string of the molecule is CN(C)Cc1cc(CN=C(N)Nc2cccc3c2CCCC3)ccc1F.I. The van der Waals surface area contributed by atoms with Crippen molar-refractivity contribution in [3.05, 3.63) is 64.5 Å². The summed E-state index contributed by atoms with van der Waals surface area (Å²) in [6.07, 6.45) is 4.68. The second-order valence-corrected chi connectivity index (χ2v) is 7.14. The van der Waals surface area contributed by atoms with E-state index in [1.807, 2.05) is 25.1 Å². The molecule has 0 aliphatic heterocycles. The highest BCUT2D eigenvalue weighted by atomic mass is 127. The third-order valence-corrected chi connectivity index (χ3v) is 4.69. The lowest BCUT2D eigenvalue weighted by molar-refractivity contribution is 0.392. The van der Waals surface area contributed by atoms with Crippen molar-refractivity contribution >= 4 is 35.6 Å². The number of nitrogens with two attached hydrogens (primary N) is 1. The largest absolute Gasteiger partial charge is 0.370 e. The number of aliphatic imine (C=N–C) groups is 1. The van der Waals surface area contributed by atoms with Gasteiger partial charge in [-0.25, -0.2) is 9.38 Å². The molecule has 2 aromatic carbocycles. The van der Waals surface area contributed by atoms with Crippen molar-refractivity contribution in [3.63, 3.8) is 0 Å². The Morgan fingerprint density at radius 2 is 1.96 bits per heavy atom. The molecule has 0 radical (unpaired) electrons. The quantitative estimate of drug-likeness (QED) is 0.380. The molecule has 3 rings (SSSR count). The van der Waals surface area contributed by atoms with E-state index in [1.165, 1.54) is 30.0 Å². The molecule has 0 aromatic heterocycles. The van der Waals surface area contributed by atoms with Crippen LogP contribution < -0.4 is 11.1 Å². The first kappa shape index (κ1) is 21.6. The zero-order valence-corrected chi connectivity index (χ0v) is 18.3. The lowest BCUT2D eigenvalue weighted by atomic mass is 9.90. The van der Waals surface area contributed by atoms with Crippen LogP contribution in [0.3, 0.4) is 0 Å². The maximum atomic E-state index is 13.9. The van der Waals surface area contributed by atoms with Crippen LogP contribution in [0.1, 0.15) is 35.1 Å². The van der Waals surface area contributed by atoms with Crippen molar-refractivity contribution in [1.82, 2.24) is 4.90 Å². The fraction of sp³-hybridized carbons (Fsp3) is 0.381. The van der Waals surface area contributed by atoms with Gasteiger partial charge in [-0.1, -0.05) is 18.2 Å². The van der Waals surface area contributed by atoms with E-state index in [2.05, 4.69) is 28.5 Å². The number of rotatable bonds is 5. The summed E-state index contributed by atoms with van der Waals surface area (Å²) in [6.45, 7) is 0.988. The van der Waals surface area contributed by atoms with Gasteiger partial charge >= 0.3 is 0 Å². The molecule has 0 amide bonds. The molecule has 0 saturated carbocycles. The van der Waals surface area contributed by atoms with Crippen molar-refractivity contribution in [1.29, 1.82) is 0 Å². The van der Waals surface area contributed by atoms with Gasteiger partial charge in [0.15, 0.2) is 5.96 Å². The number of halogens is 2. The summed E-state index contributed by atoms with van der Waals surface area (Å²) in [5.74, 6) is 0.205. The Morgan fingerprint density at radius 3 is 2.74 bits per heavy atom. The molecule has 4 nitrogen and oxygen atoms in total. The first-order chi connectivity index (χ1) is 12.5. The van der Waals surface area contributed by atoms with Gasteiger partial charge in [0, 0.05) is 17.8 Å². The van der Waals surface area contributed by atoms with E-state index in [1.54, 1.807) is 6.07 Å². The molecule has 0 saturated heterocycles. The Morgan fingerprint density at radius 1 is 1.19 bits per heavy atom. The number of hydrogen-bond donors (Lipinski definition) is 2. The van der Waals surface area contributed by atoms with Crippen LogP contribution in [0.5, 0.6) is 0 Å². The van der Waals surface area contributed by atoms with E-state index in [9.17, 15) is 4.39 Å². The van der Waals surface area contributed by atoms with E-state index in [-0.39, 0.29) is 29.8 Å². The highest BCUT2D eigenvalue weighted by Crippen LogP contribution is 2.27. The van der Waals surface area contributed by atoms with Gasteiger partial charge in [-0.05, 0) is 74.7 Å². The molecule has 2 aromatic rings. The maximum absolute atomic E-state index is 13.9. The van der Waals surface area contributed by atoms with Crippen molar-refractivity contribution in [2.24, 2.45) is 10.7 Å². The van der Waals surface area contributed by atoms with Crippen LogP contribution in [0.25, 0.3) is 0 Å². The van der Waals surface area contributed by atoms with Crippen LogP contribution >= 0.6 is 24.0 Å². The molecule has 27 heavy (non-hydrogen) atoms. The molecule has 3 N–H and O–H groups in total. The highest BCUT2D eigenvalue weighted by Gasteiger charge is 2.13. The summed E-state index contributed by atoms with van der Waals surface area (Å²) in [7, 11) is 3.85. The lowest BCUT2D eigenvalue weighted by Crippen LogP contribution is -2.24. The van der Waals surface area contributed by atoms with Gasteiger partial charge in [0.25, 0.3) is 0 Å². The van der Waals surface area contributed by atoms with Gasteiger partial charge in [0.1, 0.15) is 5.82 Å². The van der Waals surface area contributed by atoms with E-state index in [4.69, 9.17) is 5.73 Å². The maximum Gasteiger partial charge on any atom is 0.193 e. The van der Waals surface area contributed by atoms with Crippen LogP contribution in [0, 0.1) is 5.82 Å². The normalized spacial score (nSPS) is 13.9. The van der Waals surface area contributed by atoms with Gasteiger partial charge in [-0.2, -0.15) is 0 Å². The Kier molecular flexibility index (Phi) is 8.04. The van der Waals surface area contributed by atoms with Crippen molar-refractivity contribution in [2.75, 3.05) is 19.4 Å². The fourth-order valence-corrected chi connectivity index (χ4v) is 3.44. The van der Waals surface area contributed by atoms with Crippen molar-refractivity contribution in [2.45, 2.75) is 38.8 Å². The standard InChI is InChI=1S/C21H27FN4.HI/c1-26(2)14-17-12-15(10-11-19(17)22)13-24-21(23)25-20-9-5-7-16-6-3-4-8-18(16)20;/h5,7,9-12H,3-4,6,8,13-14H2,1-2H3,(H3,23,24,25);1H. The van der Waals surface area contributed by atoms with Crippen LogP contribution in [-0.4, -0.2) is 25.0 Å². The second-order valence-electron chi connectivity index (χ2n) is 7.14. The van der Waals surface area contributed by atoms with E-state index in [0.29, 0.717) is 24.6 Å². The molecule has 146 valence electrons. The molecule has 0 spiro atoms. The molecule has 0 unspecified atom stereocenters. The van der Waals surface area contributed by atoms with Crippen LogP contribution in [0.4, 0.5) is 10.1 Å². The molecule has 0 bridgehead atoms. The van der Waals surface area contributed by atoms with Crippen molar-refractivity contribution < 1.29 is 4.39 Å². The monoisotopic (exact) mass is 482 g/mol. The Balaban J connectivity index is 0.00000261. The summed E-state index contributed by atoms with van der Waals surface area (Å²) in [4.78, 5) is 6.38. The first-order valence-electron chi connectivity index (χ1n) is 9.12. The number of anilines is 1. The minimum Gasteiger partial charge on any atom is -0.370 e. The van der Waals surface area contributed by atoms with Crippen LogP contribution in [0.2, 0.25) is 0 Å². The number of benzene rings is 2. The van der Waals surface area contributed by atoms with Crippen LogP contribution in [-0.2, 0) is 25.9 Å². The molecule has 0 heterocycles. The summed E-state index contributed by atoms with van der Waals surface area (Å²) in [5.41, 5.74) is 11.5. The predicted molar refractivity (Wildman–Crippen MR) is 121 cm³/mol. The molecule has 6 heteroatoms. The number of nitrogens with one attached hydrogen (secondary N) is 1. The van der Waals surface area contributed by atoms with E-state index < -0.39 is 0 Å². The first-order valence-corrected chi connectivity index (χ1v) is 9.12. The molecular formula is C21H28FIN4. The smallest absolute Gasteiger partial charge is 0.193 e. The van der Waals surface area contributed by atoms with Gasteiger partial charge in [-0.15, -0.1) is 24.0 Å². The van der Waals surface area contributed by atoms with Gasteiger partial charge < -0.3 is 16.0 Å².